The van der Waals surface area contributed by atoms with Gasteiger partial charge in [-0.05, 0) is 58.0 Å². The third-order valence-electron chi connectivity index (χ3n) is 6.14. The van der Waals surface area contributed by atoms with Gasteiger partial charge < -0.3 is 15.0 Å². The zero-order valence-corrected chi connectivity index (χ0v) is 23.4. The van der Waals surface area contributed by atoms with Crippen molar-refractivity contribution in [3.63, 3.8) is 0 Å². The fourth-order valence-corrected chi connectivity index (χ4v) is 5.43. The van der Waals surface area contributed by atoms with Crippen molar-refractivity contribution in [2.24, 2.45) is 0 Å². The molecule has 3 aromatic carbocycles. The van der Waals surface area contributed by atoms with Gasteiger partial charge in [-0.2, -0.15) is 0 Å². The van der Waals surface area contributed by atoms with Gasteiger partial charge in [0.1, 0.15) is 24.2 Å². The Morgan fingerprint density at radius 2 is 1.62 bits per heavy atom. The van der Waals surface area contributed by atoms with Gasteiger partial charge in [0.2, 0.25) is 11.8 Å². The molecule has 10 heteroatoms. The lowest BCUT2D eigenvalue weighted by atomic mass is 10.1. The Hall–Kier alpha value is -3.92. The molecule has 0 unspecified atom stereocenters. The van der Waals surface area contributed by atoms with Gasteiger partial charge in [-0.25, -0.2) is 12.8 Å². The van der Waals surface area contributed by atoms with E-state index in [-0.39, 0.29) is 35.0 Å². The van der Waals surface area contributed by atoms with Gasteiger partial charge in [-0.3, -0.25) is 13.9 Å². The summed E-state index contributed by atoms with van der Waals surface area (Å²) in [5.41, 5.74) is 1.24. The van der Waals surface area contributed by atoms with Gasteiger partial charge in [0.25, 0.3) is 10.0 Å². The van der Waals surface area contributed by atoms with E-state index in [4.69, 9.17) is 4.74 Å². The van der Waals surface area contributed by atoms with Crippen LogP contribution in [-0.4, -0.2) is 50.9 Å². The van der Waals surface area contributed by atoms with Crippen LogP contribution in [0.4, 0.5) is 10.1 Å². The number of hydrogen-bond acceptors (Lipinski definition) is 5. The SMILES string of the molecule is CCNC(=O)[C@@H](C)N(Cc1ccccc1F)C(=O)CN(c1ccccc1OCC)S(=O)(=O)c1ccc(C)cc1. The van der Waals surface area contributed by atoms with Crippen molar-refractivity contribution < 1.29 is 27.1 Å². The van der Waals surface area contributed by atoms with Crippen molar-refractivity contribution in [2.45, 2.75) is 45.2 Å². The first-order valence-corrected chi connectivity index (χ1v) is 14.2. The number of sulfonamides is 1. The lowest BCUT2D eigenvalue weighted by Gasteiger charge is -2.32. The maximum atomic E-state index is 14.6. The summed E-state index contributed by atoms with van der Waals surface area (Å²) in [6.45, 7) is 6.62. The molecule has 39 heavy (non-hydrogen) atoms. The van der Waals surface area contributed by atoms with Crippen LogP contribution in [0.25, 0.3) is 0 Å². The molecule has 0 bridgehead atoms. The maximum absolute atomic E-state index is 14.6. The normalized spacial score (nSPS) is 11.9. The molecule has 3 aromatic rings. The van der Waals surface area contributed by atoms with Crippen LogP contribution in [0.2, 0.25) is 0 Å². The highest BCUT2D eigenvalue weighted by atomic mass is 32.2. The monoisotopic (exact) mass is 555 g/mol. The highest BCUT2D eigenvalue weighted by molar-refractivity contribution is 7.92. The number of halogens is 1. The molecular formula is C29H34FN3O5S. The molecule has 2 amide bonds. The number of likely N-dealkylation sites (N-methyl/N-ethyl adjacent to an activating group) is 1. The number of nitrogens with zero attached hydrogens (tertiary/aromatic N) is 2. The smallest absolute Gasteiger partial charge is 0.264 e. The van der Waals surface area contributed by atoms with Gasteiger partial charge in [0, 0.05) is 18.7 Å². The highest BCUT2D eigenvalue weighted by Gasteiger charge is 2.34. The minimum Gasteiger partial charge on any atom is -0.492 e. The summed E-state index contributed by atoms with van der Waals surface area (Å²) in [6.07, 6.45) is 0. The number of benzene rings is 3. The van der Waals surface area contributed by atoms with Crippen LogP contribution in [0.1, 0.15) is 31.9 Å². The summed E-state index contributed by atoms with van der Waals surface area (Å²) >= 11 is 0. The van der Waals surface area contributed by atoms with E-state index in [2.05, 4.69) is 5.32 Å². The molecule has 1 atom stereocenters. The average molecular weight is 556 g/mol. The number of rotatable bonds is 12. The molecule has 0 spiro atoms. The Balaban J connectivity index is 2.09. The number of hydrogen-bond donors (Lipinski definition) is 1. The van der Waals surface area contributed by atoms with Crippen LogP contribution in [0.5, 0.6) is 5.75 Å². The fraction of sp³-hybridized carbons (Fsp3) is 0.310. The second-order valence-corrected chi connectivity index (χ2v) is 10.8. The van der Waals surface area contributed by atoms with E-state index in [0.29, 0.717) is 6.54 Å². The van der Waals surface area contributed by atoms with Crippen molar-refractivity contribution in [3.05, 3.63) is 89.7 Å². The topological polar surface area (TPSA) is 96.0 Å². The summed E-state index contributed by atoms with van der Waals surface area (Å²) in [7, 11) is -4.25. The average Bonchev–Trinajstić information content (AvgIpc) is 2.91. The maximum Gasteiger partial charge on any atom is 0.264 e. The van der Waals surface area contributed by atoms with Crippen molar-refractivity contribution >= 4 is 27.5 Å². The number of nitrogens with one attached hydrogen (secondary N) is 1. The lowest BCUT2D eigenvalue weighted by molar-refractivity contribution is -0.139. The first-order valence-electron chi connectivity index (χ1n) is 12.7. The fourth-order valence-electron chi connectivity index (χ4n) is 4.01. The van der Waals surface area contributed by atoms with E-state index in [1.54, 1.807) is 56.3 Å². The molecule has 1 N–H and O–H groups in total. The number of aryl methyl sites for hydroxylation is 1. The molecule has 208 valence electrons. The lowest BCUT2D eigenvalue weighted by Crippen LogP contribution is -2.51. The molecule has 0 aliphatic rings. The molecular weight excluding hydrogens is 521 g/mol. The van der Waals surface area contributed by atoms with Crippen molar-refractivity contribution in [1.29, 1.82) is 0 Å². The van der Waals surface area contributed by atoms with Crippen LogP contribution < -0.4 is 14.4 Å². The van der Waals surface area contributed by atoms with E-state index in [9.17, 15) is 22.4 Å². The molecule has 3 rings (SSSR count). The molecule has 0 saturated carbocycles. The standard InChI is InChI=1S/C29H34FN3O5S/c1-5-31-29(35)22(4)32(19-23-11-7-8-12-25(23)30)28(34)20-33(26-13-9-10-14-27(26)38-6-2)39(36,37)24-17-15-21(3)16-18-24/h7-18,22H,5-6,19-20H2,1-4H3,(H,31,35)/t22-/m1/s1. The molecule has 0 aliphatic heterocycles. The van der Waals surface area contributed by atoms with Crippen molar-refractivity contribution in [1.82, 2.24) is 10.2 Å². The summed E-state index contributed by atoms with van der Waals surface area (Å²) < 4.78 is 49.1. The number of carbonyl (C=O) groups is 2. The molecule has 8 nitrogen and oxygen atoms in total. The molecule has 0 heterocycles. The van der Waals surface area contributed by atoms with Gasteiger partial charge >= 0.3 is 0 Å². The third kappa shape index (κ3) is 7.14. The number of carbonyl (C=O) groups excluding carboxylic acids is 2. The van der Waals surface area contributed by atoms with Crippen LogP contribution in [0, 0.1) is 12.7 Å². The van der Waals surface area contributed by atoms with E-state index in [1.165, 1.54) is 42.2 Å². The summed E-state index contributed by atoms with van der Waals surface area (Å²) in [4.78, 5) is 27.8. The Morgan fingerprint density at radius 3 is 2.26 bits per heavy atom. The first-order chi connectivity index (χ1) is 18.6. The van der Waals surface area contributed by atoms with E-state index in [1.807, 2.05) is 6.92 Å². The van der Waals surface area contributed by atoms with Crippen LogP contribution >= 0.6 is 0 Å². The van der Waals surface area contributed by atoms with Crippen molar-refractivity contribution in [2.75, 3.05) is 24.0 Å². The van der Waals surface area contributed by atoms with Gasteiger partial charge in [-0.1, -0.05) is 48.0 Å². The number of amides is 2. The third-order valence-corrected chi connectivity index (χ3v) is 7.91. The predicted molar refractivity (Wildman–Crippen MR) is 148 cm³/mol. The second kappa shape index (κ2) is 13.2. The van der Waals surface area contributed by atoms with E-state index < -0.39 is 40.2 Å². The zero-order chi connectivity index (χ0) is 28.6. The van der Waals surface area contributed by atoms with Gasteiger partial charge in [-0.15, -0.1) is 0 Å². The Kier molecular flexibility index (Phi) is 10.1. The largest absolute Gasteiger partial charge is 0.492 e. The molecule has 0 radical (unpaired) electrons. The molecule has 0 aliphatic carbocycles. The van der Waals surface area contributed by atoms with Crippen LogP contribution in [-0.2, 0) is 26.2 Å². The van der Waals surface area contributed by atoms with Gasteiger partial charge in [0.05, 0.1) is 17.2 Å². The van der Waals surface area contributed by atoms with E-state index >= 15 is 0 Å². The highest BCUT2D eigenvalue weighted by Crippen LogP contribution is 2.33. The molecule has 0 fully saturated rings. The Labute approximate surface area is 229 Å². The molecule has 0 saturated heterocycles. The minimum atomic E-state index is -4.25. The first kappa shape index (κ1) is 29.6. The minimum absolute atomic E-state index is 0.00960. The summed E-state index contributed by atoms with van der Waals surface area (Å²) in [5.74, 6) is -1.38. The number of anilines is 1. The van der Waals surface area contributed by atoms with E-state index in [0.717, 1.165) is 9.87 Å². The molecule has 0 aromatic heterocycles. The number of para-hydroxylation sites is 2. The Morgan fingerprint density at radius 1 is 0.974 bits per heavy atom. The summed E-state index contributed by atoms with van der Waals surface area (Å²) in [6, 6.07) is 17.8. The van der Waals surface area contributed by atoms with Crippen LogP contribution in [0.3, 0.4) is 0 Å². The quantitative estimate of drug-likeness (QED) is 0.360. The van der Waals surface area contributed by atoms with Crippen molar-refractivity contribution in [3.8, 4) is 5.75 Å². The Bertz CT molecular complexity index is 1400. The predicted octanol–water partition coefficient (Wildman–Crippen LogP) is 4.28. The zero-order valence-electron chi connectivity index (χ0n) is 22.6. The van der Waals surface area contributed by atoms with Crippen LogP contribution in [0.15, 0.2) is 77.7 Å². The number of ether oxygens (including phenoxy) is 1. The summed E-state index contributed by atoms with van der Waals surface area (Å²) in [5, 5.41) is 2.67. The second-order valence-electron chi connectivity index (χ2n) is 8.91. The van der Waals surface area contributed by atoms with Gasteiger partial charge in [0.15, 0.2) is 0 Å².